The van der Waals surface area contributed by atoms with Crippen molar-refractivity contribution >= 4 is 22.8 Å². The number of para-hydroxylation sites is 2. The number of benzene rings is 2. The molecule has 108 valence electrons. The van der Waals surface area contributed by atoms with Crippen LogP contribution in [0.15, 0.2) is 46.5 Å². The van der Waals surface area contributed by atoms with E-state index in [-0.39, 0.29) is 4.90 Å². The minimum atomic E-state index is -0.578. The first-order chi connectivity index (χ1) is 10.2. The molecule has 0 spiro atoms. The van der Waals surface area contributed by atoms with Crippen LogP contribution in [0.3, 0.4) is 0 Å². The molecule has 0 aliphatic carbocycles. The third-order valence-electron chi connectivity index (χ3n) is 3.01. The number of fused-ring (bicyclic) bond motifs is 1. The van der Waals surface area contributed by atoms with E-state index in [4.69, 9.17) is 0 Å². The summed E-state index contributed by atoms with van der Waals surface area (Å²) in [6.07, 6.45) is 0. The fourth-order valence-electron chi connectivity index (χ4n) is 2.09. The average Bonchev–Trinajstić information content (AvgIpc) is 2.86. The van der Waals surface area contributed by atoms with Gasteiger partial charge < -0.3 is 10.3 Å². The summed E-state index contributed by atoms with van der Waals surface area (Å²) >= 11 is 0.956. The molecule has 0 amide bonds. The van der Waals surface area contributed by atoms with Crippen molar-refractivity contribution in [1.82, 2.24) is 15.3 Å². The van der Waals surface area contributed by atoms with Crippen molar-refractivity contribution in [2.45, 2.75) is 16.6 Å². The van der Waals surface area contributed by atoms with Crippen molar-refractivity contribution in [3.05, 3.63) is 53.6 Å². The van der Waals surface area contributed by atoms with E-state index in [0.717, 1.165) is 22.8 Å². The lowest BCUT2D eigenvalue weighted by atomic mass is 10.2. The van der Waals surface area contributed by atoms with E-state index in [9.17, 15) is 8.78 Å². The molecule has 0 bridgehead atoms. The third-order valence-corrected chi connectivity index (χ3v) is 3.99. The zero-order chi connectivity index (χ0) is 14.8. The Kier molecular flexibility index (Phi) is 3.90. The van der Waals surface area contributed by atoms with E-state index in [1.807, 2.05) is 24.3 Å². The minimum absolute atomic E-state index is 0.0473. The second-order valence-corrected chi connectivity index (χ2v) is 5.58. The van der Waals surface area contributed by atoms with Crippen LogP contribution in [0.1, 0.15) is 5.56 Å². The first kappa shape index (κ1) is 14.0. The zero-order valence-corrected chi connectivity index (χ0v) is 12.1. The maximum absolute atomic E-state index is 14.0. The highest BCUT2D eigenvalue weighted by Gasteiger charge is 2.14. The van der Waals surface area contributed by atoms with Crippen molar-refractivity contribution in [3.63, 3.8) is 0 Å². The number of imidazole rings is 1. The fourth-order valence-corrected chi connectivity index (χ4v) is 2.90. The molecule has 3 nitrogen and oxygen atoms in total. The lowest BCUT2D eigenvalue weighted by molar-refractivity contribution is 0.535. The van der Waals surface area contributed by atoms with Gasteiger partial charge in [-0.15, -0.1) is 0 Å². The van der Waals surface area contributed by atoms with Gasteiger partial charge in [0.15, 0.2) is 5.16 Å². The van der Waals surface area contributed by atoms with Gasteiger partial charge in [0.1, 0.15) is 11.6 Å². The molecule has 3 rings (SSSR count). The molecule has 21 heavy (non-hydrogen) atoms. The number of halogens is 2. The maximum Gasteiger partial charge on any atom is 0.171 e. The summed E-state index contributed by atoms with van der Waals surface area (Å²) in [5, 5.41) is 3.33. The molecule has 0 unspecified atom stereocenters. The monoisotopic (exact) mass is 305 g/mol. The average molecular weight is 305 g/mol. The highest BCUT2D eigenvalue weighted by Crippen LogP contribution is 2.32. The third kappa shape index (κ3) is 2.91. The van der Waals surface area contributed by atoms with Crippen molar-refractivity contribution in [2.24, 2.45) is 0 Å². The van der Waals surface area contributed by atoms with Gasteiger partial charge in [-0.2, -0.15) is 0 Å². The Labute approximate surface area is 124 Å². The molecule has 1 heterocycles. The van der Waals surface area contributed by atoms with Crippen molar-refractivity contribution in [2.75, 3.05) is 7.05 Å². The van der Waals surface area contributed by atoms with E-state index >= 15 is 0 Å². The summed E-state index contributed by atoms with van der Waals surface area (Å²) in [6.45, 7) is 0.420. The van der Waals surface area contributed by atoms with Crippen molar-refractivity contribution in [3.8, 4) is 0 Å². The number of nitrogens with zero attached hydrogens (tertiary/aromatic N) is 1. The molecule has 6 heteroatoms. The quantitative estimate of drug-likeness (QED) is 0.772. The lowest BCUT2D eigenvalue weighted by Crippen LogP contribution is -2.06. The molecule has 0 aliphatic heterocycles. The van der Waals surface area contributed by atoms with Gasteiger partial charge in [-0.05, 0) is 48.6 Å². The summed E-state index contributed by atoms with van der Waals surface area (Å²) in [7, 11) is 1.73. The van der Waals surface area contributed by atoms with Crippen molar-refractivity contribution in [1.29, 1.82) is 0 Å². The summed E-state index contributed by atoms with van der Waals surface area (Å²) in [4.78, 5) is 7.31. The van der Waals surface area contributed by atoms with Gasteiger partial charge >= 0.3 is 0 Å². The Hall–Kier alpha value is -1.92. The van der Waals surface area contributed by atoms with Gasteiger partial charge in [0.05, 0.1) is 15.9 Å². The first-order valence-corrected chi connectivity index (χ1v) is 7.24. The molecule has 0 saturated carbocycles. The molecule has 0 saturated heterocycles. The van der Waals surface area contributed by atoms with E-state index in [2.05, 4.69) is 15.3 Å². The highest BCUT2D eigenvalue weighted by molar-refractivity contribution is 7.99. The van der Waals surface area contributed by atoms with Gasteiger partial charge in [0, 0.05) is 6.54 Å². The predicted octanol–water partition coefficient (Wildman–Crippen LogP) is 3.71. The Morgan fingerprint density at radius 1 is 1.19 bits per heavy atom. The predicted molar refractivity (Wildman–Crippen MR) is 79.3 cm³/mol. The second kappa shape index (κ2) is 5.83. The summed E-state index contributed by atoms with van der Waals surface area (Å²) < 4.78 is 28.1. The molecule has 2 aromatic carbocycles. The zero-order valence-electron chi connectivity index (χ0n) is 11.3. The van der Waals surface area contributed by atoms with Gasteiger partial charge in [0.2, 0.25) is 0 Å². The molecule has 0 fully saturated rings. The topological polar surface area (TPSA) is 40.7 Å². The highest BCUT2D eigenvalue weighted by atomic mass is 32.2. The number of hydrogen-bond donors (Lipinski definition) is 2. The van der Waals surface area contributed by atoms with Crippen LogP contribution >= 0.6 is 11.8 Å². The van der Waals surface area contributed by atoms with Crippen LogP contribution in [0.25, 0.3) is 11.0 Å². The maximum atomic E-state index is 14.0. The van der Waals surface area contributed by atoms with Crippen LogP contribution in [-0.2, 0) is 6.54 Å². The van der Waals surface area contributed by atoms with Gasteiger partial charge in [-0.25, -0.2) is 13.8 Å². The van der Waals surface area contributed by atoms with Crippen LogP contribution in [0.4, 0.5) is 8.78 Å². The lowest BCUT2D eigenvalue weighted by Gasteiger charge is -2.06. The number of rotatable bonds is 4. The number of nitrogens with one attached hydrogen (secondary N) is 2. The molecule has 2 N–H and O–H groups in total. The van der Waals surface area contributed by atoms with Crippen LogP contribution in [0, 0.1) is 11.6 Å². The minimum Gasteiger partial charge on any atom is -0.333 e. The Balaban J connectivity index is 1.93. The van der Waals surface area contributed by atoms with E-state index in [0.29, 0.717) is 17.3 Å². The molecule has 3 aromatic rings. The molecular weight excluding hydrogens is 292 g/mol. The Morgan fingerprint density at radius 2 is 1.90 bits per heavy atom. The molecule has 0 atom stereocenters. The SMILES string of the molecule is CNCc1cc(F)c(Sc2nc3ccccc3[nH]2)c(F)c1. The van der Waals surface area contributed by atoms with Crippen molar-refractivity contribution < 1.29 is 8.78 Å². The van der Waals surface area contributed by atoms with Gasteiger partial charge in [-0.1, -0.05) is 12.1 Å². The Morgan fingerprint density at radius 3 is 2.57 bits per heavy atom. The molecule has 0 aliphatic rings. The van der Waals surface area contributed by atoms with Gasteiger partial charge in [0.25, 0.3) is 0 Å². The summed E-state index contributed by atoms with van der Waals surface area (Å²) in [5.74, 6) is -1.16. The second-order valence-electron chi connectivity index (χ2n) is 4.58. The number of aromatic amines is 1. The smallest absolute Gasteiger partial charge is 0.171 e. The summed E-state index contributed by atoms with van der Waals surface area (Å²) in [5.41, 5.74) is 2.18. The van der Waals surface area contributed by atoms with E-state index in [1.165, 1.54) is 12.1 Å². The van der Waals surface area contributed by atoms with E-state index in [1.54, 1.807) is 7.05 Å². The Bertz CT molecular complexity index is 729. The molecular formula is C15H13F2N3S. The van der Waals surface area contributed by atoms with E-state index < -0.39 is 11.6 Å². The first-order valence-electron chi connectivity index (χ1n) is 6.42. The largest absolute Gasteiger partial charge is 0.333 e. The fraction of sp³-hybridized carbons (Fsp3) is 0.133. The van der Waals surface area contributed by atoms with Crippen LogP contribution in [-0.4, -0.2) is 17.0 Å². The normalized spacial score (nSPS) is 11.2. The standard InChI is InChI=1S/C15H13F2N3S/c1-18-8-9-6-10(16)14(11(17)7-9)21-15-19-12-4-2-3-5-13(12)20-15/h2-7,18H,8H2,1H3,(H,19,20). The molecule has 0 radical (unpaired) electrons. The summed E-state index contributed by atoms with van der Waals surface area (Å²) in [6, 6.07) is 10.1. The molecule has 1 aromatic heterocycles. The number of hydrogen-bond acceptors (Lipinski definition) is 3. The van der Waals surface area contributed by atoms with Crippen LogP contribution < -0.4 is 5.32 Å². The number of H-pyrrole nitrogens is 1. The van der Waals surface area contributed by atoms with Crippen LogP contribution in [0.5, 0.6) is 0 Å². The van der Waals surface area contributed by atoms with Gasteiger partial charge in [-0.3, -0.25) is 0 Å². The van der Waals surface area contributed by atoms with Crippen LogP contribution in [0.2, 0.25) is 0 Å². The number of aromatic nitrogens is 2.